The summed E-state index contributed by atoms with van der Waals surface area (Å²) in [5, 5.41) is 2.10. The zero-order valence-corrected chi connectivity index (χ0v) is 13.4. The highest BCUT2D eigenvalue weighted by Gasteiger charge is 2.24. The lowest BCUT2D eigenvalue weighted by Crippen LogP contribution is -2.25. The van der Waals surface area contributed by atoms with E-state index in [2.05, 4.69) is 5.32 Å². The van der Waals surface area contributed by atoms with Gasteiger partial charge in [-0.05, 0) is 44.0 Å². The molecule has 7 heteroatoms. The molecule has 2 rings (SSSR count). The van der Waals surface area contributed by atoms with Gasteiger partial charge in [-0.2, -0.15) is 0 Å². The summed E-state index contributed by atoms with van der Waals surface area (Å²) in [6, 6.07) is 6.36. The minimum atomic E-state index is -3.23. The molecule has 1 aliphatic rings. The molecule has 120 valence electrons. The third-order valence-electron chi connectivity index (χ3n) is 3.48. The van der Waals surface area contributed by atoms with Crippen LogP contribution in [-0.4, -0.2) is 44.4 Å². The van der Waals surface area contributed by atoms with Gasteiger partial charge in [0.05, 0.1) is 10.8 Å². The van der Waals surface area contributed by atoms with Crippen LogP contribution < -0.4 is 5.32 Å². The molecule has 1 aromatic rings. The summed E-state index contributed by atoms with van der Waals surface area (Å²) < 4.78 is 27.5. The first-order valence-electron chi connectivity index (χ1n) is 7.04. The Balaban J connectivity index is 1.91. The number of carbonyl (C=O) groups is 2. The summed E-state index contributed by atoms with van der Waals surface area (Å²) in [7, 11) is -3.23. The average molecular weight is 325 g/mol. The number of hydrogen-bond acceptors (Lipinski definition) is 5. The normalized spacial score (nSPS) is 15.9. The molecule has 1 N–H and O–H groups in total. The smallest absolute Gasteiger partial charge is 0.338 e. The highest BCUT2D eigenvalue weighted by atomic mass is 32.2. The molecule has 0 saturated heterocycles. The van der Waals surface area contributed by atoms with E-state index in [4.69, 9.17) is 4.74 Å². The Kier molecular flexibility index (Phi) is 4.85. The Morgan fingerprint density at radius 3 is 2.27 bits per heavy atom. The number of nitrogens with one attached hydrogen (secondary N) is 1. The van der Waals surface area contributed by atoms with E-state index >= 15 is 0 Å². The Labute approximate surface area is 129 Å². The van der Waals surface area contributed by atoms with Crippen LogP contribution in [0.4, 0.5) is 0 Å². The molecule has 1 aromatic carbocycles. The number of rotatable bonds is 6. The first-order chi connectivity index (χ1) is 10.3. The largest absolute Gasteiger partial charge is 0.461 e. The molecule has 0 spiro atoms. The van der Waals surface area contributed by atoms with Gasteiger partial charge in [-0.1, -0.05) is 0 Å². The summed E-state index contributed by atoms with van der Waals surface area (Å²) in [5.74, 6) is -0.766. The summed E-state index contributed by atoms with van der Waals surface area (Å²) in [5.41, 5.74) is 0.761. The van der Waals surface area contributed by atoms with Gasteiger partial charge in [0.25, 0.3) is 5.91 Å². The molecule has 0 radical (unpaired) electrons. The fraction of sp³-hybridized carbons (Fsp3) is 0.467. The summed E-state index contributed by atoms with van der Waals surface area (Å²) in [6.45, 7) is 1.29. The lowest BCUT2D eigenvalue weighted by atomic mass is 10.1. The molecule has 0 heterocycles. The van der Waals surface area contributed by atoms with E-state index < -0.39 is 21.1 Å². The number of benzene rings is 1. The van der Waals surface area contributed by atoms with Gasteiger partial charge in [0.2, 0.25) is 0 Å². The molecule has 0 aliphatic heterocycles. The Morgan fingerprint density at radius 1 is 1.23 bits per heavy atom. The summed E-state index contributed by atoms with van der Waals surface area (Å²) >= 11 is 0. The van der Waals surface area contributed by atoms with Gasteiger partial charge in [0.15, 0.2) is 9.84 Å². The molecular weight excluding hydrogens is 306 g/mol. The third-order valence-corrected chi connectivity index (χ3v) is 5.07. The van der Waals surface area contributed by atoms with E-state index in [9.17, 15) is 18.0 Å². The van der Waals surface area contributed by atoms with Gasteiger partial charge >= 0.3 is 5.97 Å². The predicted octanol–water partition coefficient (Wildman–Crippen LogP) is 1.17. The van der Waals surface area contributed by atoms with Gasteiger partial charge in [-0.15, -0.1) is 0 Å². The maximum atomic E-state index is 11.8. The van der Waals surface area contributed by atoms with Crippen molar-refractivity contribution < 1.29 is 22.7 Å². The number of esters is 1. The SMILES string of the molecule is C[C@H](COC(=O)c1ccc(C(=O)NC2CC2)cc1)S(C)(=O)=O. The molecule has 0 bridgehead atoms. The number of carbonyl (C=O) groups excluding carboxylic acids is 2. The molecule has 1 fully saturated rings. The minimum absolute atomic E-state index is 0.159. The van der Waals surface area contributed by atoms with Crippen LogP contribution in [0.2, 0.25) is 0 Å². The second kappa shape index (κ2) is 6.48. The van der Waals surface area contributed by atoms with Crippen LogP contribution in [0.15, 0.2) is 24.3 Å². The fourth-order valence-electron chi connectivity index (χ4n) is 1.65. The van der Waals surface area contributed by atoms with Gasteiger partial charge in [0, 0.05) is 17.9 Å². The van der Waals surface area contributed by atoms with Crippen LogP contribution in [-0.2, 0) is 14.6 Å². The molecule has 22 heavy (non-hydrogen) atoms. The van der Waals surface area contributed by atoms with Crippen molar-refractivity contribution in [3.63, 3.8) is 0 Å². The fourth-order valence-corrected chi connectivity index (χ4v) is 1.97. The van der Waals surface area contributed by atoms with Gasteiger partial charge in [-0.3, -0.25) is 4.79 Å². The van der Waals surface area contributed by atoms with Crippen molar-refractivity contribution in [3.05, 3.63) is 35.4 Å². The Bertz CT molecular complexity index is 662. The lowest BCUT2D eigenvalue weighted by molar-refractivity contribution is 0.0508. The van der Waals surface area contributed by atoms with Crippen LogP contribution in [0.3, 0.4) is 0 Å². The molecule has 0 aromatic heterocycles. The van der Waals surface area contributed by atoms with E-state index in [0.29, 0.717) is 5.56 Å². The quantitative estimate of drug-likeness (QED) is 0.793. The van der Waals surface area contributed by atoms with Crippen LogP contribution in [0.5, 0.6) is 0 Å². The first-order valence-corrected chi connectivity index (χ1v) is 9.00. The molecule has 0 unspecified atom stereocenters. The van der Waals surface area contributed by atoms with E-state index in [-0.39, 0.29) is 24.1 Å². The molecule has 1 saturated carbocycles. The highest BCUT2D eigenvalue weighted by molar-refractivity contribution is 7.91. The van der Waals surface area contributed by atoms with Gasteiger partial charge in [0.1, 0.15) is 6.61 Å². The van der Waals surface area contributed by atoms with Crippen molar-refractivity contribution in [2.45, 2.75) is 31.1 Å². The zero-order valence-electron chi connectivity index (χ0n) is 12.5. The van der Waals surface area contributed by atoms with E-state index in [1.165, 1.54) is 19.1 Å². The lowest BCUT2D eigenvalue weighted by Gasteiger charge is -2.10. The zero-order chi connectivity index (χ0) is 16.3. The van der Waals surface area contributed by atoms with Crippen LogP contribution in [0, 0.1) is 0 Å². The van der Waals surface area contributed by atoms with Gasteiger partial charge in [-0.25, -0.2) is 13.2 Å². The van der Waals surface area contributed by atoms with Gasteiger partial charge < -0.3 is 10.1 Å². The predicted molar refractivity (Wildman–Crippen MR) is 81.5 cm³/mol. The molecule has 6 nitrogen and oxygen atoms in total. The Morgan fingerprint density at radius 2 is 1.77 bits per heavy atom. The molecule has 1 atom stereocenters. The van der Waals surface area contributed by atoms with Crippen molar-refractivity contribution >= 4 is 21.7 Å². The van der Waals surface area contributed by atoms with Crippen molar-refractivity contribution in [1.29, 1.82) is 0 Å². The minimum Gasteiger partial charge on any atom is -0.461 e. The molecule has 1 aliphatic carbocycles. The summed E-state index contributed by atoms with van der Waals surface area (Å²) in [6.07, 6.45) is 3.11. The number of sulfone groups is 1. The number of amides is 1. The van der Waals surface area contributed by atoms with E-state index in [1.807, 2.05) is 0 Å². The molecular formula is C15H19NO5S. The third kappa shape index (κ3) is 4.56. The Hall–Kier alpha value is -1.89. The monoisotopic (exact) mass is 325 g/mol. The maximum Gasteiger partial charge on any atom is 0.338 e. The maximum absolute atomic E-state index is 11.8. The number of ether oxygens (including phenoxy) is 1. The van der Waals surface area contributed by atoms with Crippen LogP contribution in [0.1, 0.15) is 40.5 Å². The second-order valence-electron chi connectivity index (χ2n) is 5.56. The molecule has 1 amide bonds. The topological polar surface area (TPSA) is 89.5 Å². The van der Waals surface area contributed by atoms with Crippen LogP contribution in [0.25, 0.3) is 0 Å². The second-order valence-corrected chi connectivity index (χ2v) is 8.03. The van der Waals surface area contributed by atoms with Crippen molar-refractivity contribution in [2.75, 3.05) is 12.9 Å². The van der Waals surface area contributed by atoms with Crippen molar-refractivity contribution in [2.24, 2.45) is 0 Å². The van der Waals surface area contributed by atoms with Crippen molar-refractivity contribution in [1.82, 2.24) is 5.32 Å². The van der Waals surface area contributed by atoms with Crippen molar-refractivity contribution in [3.8, 4) is 0 Å². The summed E-state index contributed by atoms with van der Waals surface area (Å²) in [4.78, 5) is 23.6. The standard InChI is InChI=1S/C15H19NO5S/c1-10(22(2,19)20)9-21-15(18)12-5-3-11(4-6-12)14(17)16-13-7-8-13/h3-6,10,13H,7-9H2,1-2H3,(H,16,17)/t10-/m1/s1. The highest BCUT2D eigenvalue weighted by Crippen LogP contribution is 2.19. The first kappa shape index (κ1) is 16.5. The van der Waals surface area contributed by atoms with E-state index in [0.717, 1.165) is 19.1 Å². The number of hydrogen-bond donors (Lipinski definition) is 1. The van der Waals surface area contributed by atoms with E-state index in [1.54, 1.807) is 12.1 Å². The van der Waals surface area contributed by atoms with Crippen LogP contribution >= 0.6 is 0 Å². The average Bonchev–Trinajstić information content (AvgIpc) is 3.27.